The largest absolute Gasteiger partial charge is 0.508 e. The van der Waals surface area contributed by atoms with Gasteiger partial charge in [0.2, 0.25) is 0 Å². The van der Waals surface area contributed by atoms with Gasteiger partial charge in [0, 0.05) is 11.3 Å². The monoisotopic (exact) mass is 267 g/mol. The number of nitrogens with zero attached hydrogens (tertiary/aromatic N) is 1. The topological polar surface area (TPSA) is 61.1 Å². The molecule has 0 aliphatic heterocycles. The molecule has 1 unspecified atom stereocenters. The van der Waals surface area contributed by atoms with E-state index in [1.54, 1.807) is 18.2 Å². The van der Waals surface area contributed by atoms with Gasteiger partial charge in [-0.1, -0.05) is 44.2 Å². The normalized spacial score (nSPS) is 26.4. The lowest BCUT2D eigenvalue weighted by Crippen LogP contribution is -2.27. The van der Waals surface area contributed by atoms with Gasteiger partial charge in [0.15, 0.2) is 5.78 Å². The predicted molar refractivity (Wildman–Crippen MR) is 77.7 cm³/mol. The van der Waals surface area contributed by atoms with Gasteiger partial charge in [-0.25, -0.2) is 0 Å². The molecule has 2 atom stereocenters. The van der Waals surface area contributed by atoms with Crippen molar-refractivity contribution in [1.29, 1.82) is 5.26 Å². The minimum atomic E-state index is -0.295. The molecule has 0 saturated carbocycles. The van der Waals surface area contributed by atoms with Crippen LogP contribution in [0.25, 0.3) is 6.08 Å². The third kappa shape index (κ3) is 2.97. The van der Waals surface area contributed by atoms with Crippen LogP contribution in [0.4, 0.5) is 0 Å². The van der Waals surface area contributed by atoms with Crippen LogP contribution < -0.4 is 0 Å². The summed E-state index contributed by atoms with van der Waals surface area (Å²) in [6.07, 6.45) is 6.42. The average Bonchev–Trinajstić information content (AvgIpc) is 2.42. The van der Waals surface area contributed by atoms with Gasteiger partial charge < -0.3 is 5.11 Å². The maximum atomic E-state index is 11.8. The summed E-state index contributed by atoms with van der Waals surface area (Å²) in [5.41, 5.74) is 0.929. The number of Topliss-reactive ketones (excluding diaryl/α,β-unsaturated/α-hetero) is 1. The molecular weight excluding hydrogens is 250 g/mol. The van der Waals surface area contributed by atoms with E-state index in [2.05, 4.69) is 0 Å². The van der Waals surface area contributed by atoms with Crippen LogP contribution in [-0.4, -0.2) is 10.9 Å². The number of hydrogen-bond acceptors (Lipinski definition) is 3. The summed E-state index contributed by atoms with van der Waals surface area (Å²) in [4.78, 5) is 11.8. The fourth-order valence-electron chi connectivity index (χ4n) is 2.55. The van der Waals surface area contributed by atoms with Crippen molar-refractivity contribution < 1.29 is 9.90 Å². The molecule has 0 spiro atoms. The van der Waals surface area contributed by atoms with E-state index in [1.165, 1.54) is 0 Å². The number of phenols is 1. The zero-order valence-electron chi connectivity index (χ0n) is 11.6. The third-order valence-corrected chi connectivity index (χ3v) is 3.60. The zero-order valence-corrected chi connectivity index (χ0v) is 11.6. The first-order chi connectivity index (χ1) is 9.43. The highest BCUT2D eigenvalue weighted by molar-refractivity contribution is 6.01. The molecule has 2 rings (SSSR count). The van der Waals surface area contributed by atoms with Crippen molar-refractivity contribution in [2.75, 3.05) is 0 Å². The smallest absolute Gasteiger partial charge is 0.175 e. The quantitative estimate of drug-likeness (QED) is 0.892. The first-order valence-corrected chi connectivity index (χ1v) is 6.59. The summed E-state index contributed by atoms with van der Waals surface area (Å²) in [5, 5.41) is 18.3. The lowest BCUT2D eigenvalue weighted by Gasteiger charge is -2.30. The van der Waals surface area contributed by atoms with Gasteiger partial charge in [0.1, 0.15) is 11.8 Å². The number of allylic oxidation sites excluding steroid dienone is 3. The Morgan fingerprint density at radius 1 is 1.40 bits per heavy atom. The number of aromatic hydroxyl groups is 1. The first kappa shape index (κ1) is 14.1. The van der Waals surface area contributed by atoms with Crippen molar-refractivity contribution in [1.82, 2.24) is 0 Å². The highest BCUT2D eigenvalue weighted by Crippen LogP contribution is 2.37. The van der Waals surface area contributed by atoms with Gasteiger partial charge in [0.25, 0.3) is 0 Å². The second-order valence-electron chi connectivity index (χ2n) is 5.57. The van der Waals surface area contributed by atoms with Gasteiger partial charge in [-0.2, -0.15) is 5.26 Å². The SMILES string of the molecule is CC1C[C@@](C)(C=Cc2ccc(O)cc2)C=C(C#N)C1=O. The van der Waals surface area contributed by atoms with Crippen molar-refractivity contribution in [3.8, 4) is 11.8 Å². The van der Waals surface area contributed by atoms with Crippen LogP contribution in [0.15, 0.2) is 42.0 Å². The van der Waals surface area contributed by atoms with Crippen LogP contribution in [0.1, 0.15) is 25.8 Å². The standard InChI is InChI=1S/C17H17NO2/c1-12-9-17(2,10-14(11-18)16(12)20)8-7-13-3-5-15(19)6-4-13/h3-8,10,12,19H,9H2,1-2H3/t12?,17-/m1/s1. The third-order valence-electron chi connectivity index (χ3n) is 3.60. The number of nitriles is 1. The molecule has 1 aromatic rings. The lowest BCUT2D eigenvalue weighted by molar-refractivity contribution is -0.119. The van der Waals surface area contributed by atoms with Crippen LogP contribution in [0.5, 0.6) is 5.75 Å². The molecule has 3 nitrogen and oxygen atoms in total. The van der Waals surface area contributed by atoms with E-state index in [4.69, 9.17) is 5.26 Å². The summed E-state index contributed by atoms with van der Waals surface area (Å²) in [6.45, 7) is 3.88. The Morgan fingerprint density at radius 2 is 2.05 bits per heavy atom. The Kier molecular flexibility index (Phi) is 3.76. The van der Waals surface area contributed by atoms with Crippen molar-refractivity contribution in [2.24, 2.45) is 11.3 Å². The van der Waals surface area contributed by atoms with Gasteiger partial charge in [0.05, 0.1) is 5.57 Å². The average molecular weight is 267 g/mol. The van der Waals surface area contributed by atoms with Crippen LogP contribution in [0.2, 0.25) is 0 Å². The van der Waals surface area contributed by atoms with Crippen LogP contribution in [0.3, 0.4) is 0 Å². The minimum Gasteiger partial charge on any atom is -0.508 e. The minimum absolute atomic E-state index is 0.0667. The summed E-state index contributed by atoms with van der Waals surface area (Å²) in [6, 6.07) is 8.89. The highest BCUT2D eigenvalue weighted by Gasteiger charge is 2.33. The fourth-order valence-corrected chi connectivity index (χ4v) is 2.55. The van der Waals surface area contributed by atoms with Crippen molar-refractivity contribution in [3.63, 3.8) is 0 Å². The molecule has 0 saturated heterocycles. The van der Waals surface area contributed by atoms with E-state index in [1.807, 2.05) is 44.2 Å². The number of carbonyl (C=O) groups is 1. The van der Waals surface area contributed by atoms with Gasteiger partial charge in [-0.15, -0.1) is 0 Å². The summed E-state index contributed by atoms with van der Waals surface area (Å²) >= 11 is 0. The van der Waals surface area contributed by atoms with E-state index in [0.717, 1.165) is 5.56 Å². The van der Waals surface area contributed by atoms with Crippen LogP contribution in [0, 0.1) is 22.7 Å². The molecule has 1 aromatic carbocycles. The van der Waals surface area contributed by atoms with Crippen molar-refractivity contribution in [2.45, 2.75) is 20.3 Å². The first-order valence-electron chi connectivity index (χ1n) is 6.59. The van der Waals surface area contributed by atoms with E-state index < -0.39 is 0 Å². The number of hydrogen-bond donors (Lipinski definition) is 1. The Labute approximate surface area is 118 Å². The van der Waals surface area contributed by atoms with Gasteiger partial charge in [-0.05, 0) is 24.1 Å². The predicted octanol–water partition coefficient (Wildman–Crippen LogP) is 3.47. The molecule has 0 amide bonds. The molecule has 20 heavy (non-hydrogen) atoms. The summed E-state index contributed by atoms with van der Waals surface area (Å²) in [5.74, 6) is 0.0315. The molecule has 0 fully saturated rings. The summed E-state index contributed by atoms with van der Waals surface area (Å²) < 4.78 is 0. The number of ketones is 1. The number of carbonyl (C=O) groups excluding carboxylic acids is 1. The fraction of sp³-hybridized carbons (Fsp3) is 0.294. The van der Waals surface area contributed by atoms with E-state index in [0.29, 0.717) is 6.42 Å². The number of rotatable bonds is 2. The molecule has 1 aliphatic rings. The molecule has 0 radical (unpaired) electrons. The highest BCUT2D eigenvalue weighted by atomic mass is 16.3. The number of benzene rings is 1. The second-order valence-corrected chi connectivity index (χ2v) is 5.57. The molecular formula is C17H17NO2. The number of phenolic OH excluding ortho intramolecular Hbond substituents is 1. The summed E-state index contributed by atoms with van der Waals surface area (Å²) in [7, 11) is 0. The molecule has 1 aliphatic carbocycles. The van der Waals surface area contributed by atoms with Crippen LogP contribution >= 0.6 is 0 Å². The second kappa shape index (κ2) is 5.34. The Hall–Kier alpha value is -2.34. The van der Waals surface area contributed by atoms with E-state index in [9.17, 15) is 9.90 Å². The Bertz CT molecular complexity index is 619. The van der Waals surface area contributed by atoms with Gasteiger partial charge >= 0.3 is 0 Å². The maximum absolute atomic E-state index is 11.8. The Morgan fingerprint density at radius 3 is 2.65 bits per heavy atom. The van der Waals surface area contributed by atoms with E-state index >= 15 is 0 Å². The maximum Gasteiger partial charge on any atom is 0.175 e. The van der Waals surface area contributed by atoms with Crippen molar-refractivity contribution >= 4 is 11.9 Å². The molecule has 1 N–H and O–H groups in total. The van der Waals surface area contributed by atoms with Crippen molar-refractivity contribution in [3.05, 3.63) is 47.6 Å². The molecule has 3 heteroatoms. The molecule has 0 aromatic heterocycles. The zero-order chi connectivity index (χ0) is 14.8. The lowest BCUT2D eigenvalue weighted by atomic mass is 9.72. The molecule has 0 heterocycles. The molecule has 102 valence electrons. The van der Waals surface area contributed by atoms with Gasteiger partial charge in [-0.3, -0.25) is 4.79 Å². The molecule has 0 bridgehead atoms. The van der Waals surface area contributed by atoms with E-state index in [-0.39, 0.29) is 28.4 Å². The van der Waals surface area contributed by atoms with Crippen LogP contribution in [-0.2, 0) is 4.79 Å². The Balaban J connectivity index is 2.27.